The first kappa shape index (κ1) is 22.4. The number of nitrogens with one attached hydrogen (secondary N) is 1. The second-order valence-corrected chi connectivity index (χ2v) is 10.4. The van der Waals surface area contributed by atoms with Crippen molar-refractivity contribution in [2.75, 3.05) is 26.7 Å². The molecule has 1 saturated heterocycles. The maximum absolute atomic E-state index is 12.7. The third kappa shape index (κ3) is 3.93. The summed E-state index contributed by atoms with van der Waals surface area (Å²) in [5.41, 5.74) is 4.25. The summed E-state index contributed by atoms with van der Waals surface area (Å²) in [5.74, 6) is 0.430. The van der Waals surface area contributed by atoms with Crippen LogP contribution in [0.5, 0.6) is 0 Å². The molecule has 3 atom stereocenters. The van der Waals surface area contributed by atoms with Crippen LogP contribution in [0.2, 0.25) is 0 Å². The van der Waals surface area contributed by atoms with E-state index in [9.17, 15) is 4.79 Å². The molecule has 0 radical (unpaired) electrons. The van der Waals surface area contributed by atoms with Crippen LogP contribution in [-0.2, 0) is 13.5 Å². The van der Waals surface area contributed by atoms with Crippen LogP contribution in [0.1, 0.15) is 37.3 Å². The van der Waals surface area contributed by atoms with E-state index in [4.69, 9.17) is 0 Å². The predicted molar refractivity (Wildman–Crippen MR) is 136 cm³/mol. The summed E-state index contributed by atoms with van der Waals surface area (Å²) in [6.45, 7) is 6.45. The van der Waals surface area contributed by atoms with Gasteiger partial charge in [-0.3, -0.25) is 0 Å². The van der Waals surface area contributed by atoms with E-state index in [2.05, 4.69) is 77.4 Å². The zero-order chi connectivity index (χ0) is 23.1. The van der Waals surface area contributed by atoms with Crippen LogP contribution in [0.4, 0.5) is 4.79 Å². The zero-order valence-corrected chi connectivity index (χ0v) is 20.9. The van der Waals surface area contributed by atoms with Crippen LogP contribution in [0, 0.1) is 0 Å². The minimum absolute atomic E-state index is 0.0628. The Morgan fingerprint density at radius 3 is 2.58 bits per heavy atom. The standard InChI is InChI=1S/C27H34N4OS/c1-5-31(6-2)27(32)28-18-15-21-20-13-10-14-23-25(20)22(16-24(21)29(3)17-18)26(30(23)4)33-19-11-8-7-9-12-19/h7-14,18,21,24H,5-6,15-17H2,1-4H3,(H,28,32)/t18-,21+,24+/m0/s1. The number of likely N-dealkylation sites (tertiary alicyclic amines) is 1. The van der Waals surface area contributed by atoms with Gasteiger partial charge in [0.05, 0.1) is 5.03 Å². The monoisotopic (exact) mass is 462 g/mol. The lowest BCUT2D eigenvalue weighted by Crippen LogP contribution is -2.56. The lowest BCUT2D eigenvalue weighted by atomic mass is 9.74. The largest absolute Gasteiger partial charge is 0.338 e. The van der Waals surface area contributed by atoms with Gasteiger partial charge >= 0.3 is 6.03 Å². The molecule has 5 rings (SSSR count). The number of fused-ring (bicyclic) bond motifs is 2. The van der Waals surface area contributed by atoms with Crippen molar-refractivity contribution in [3.8, 4) is 0 Å². The van der Waals surface area contributed by atoms with Crippen molar-refractivity contribution in [3.05, 3.63) is 59.7 Å². The van der Waals surface area contributed by atoms with Gasteiger partial charge in [-0.15, -0.1) is 0 Å². The number of carbonyl (C=O) groups is 1. The smallest absolute Gasteiger partial charge is 0.317 e. The molecule has 1 aromatic heterocycles. The van der Waals surface area contributed by atoms with Crippen LogP contribution in [0.25, 0.3) is 10.9 Å². The summed E-state index contributed by atoms with van der Waals surface area (Å²) in [7, 11) is 4.43. The van der Waals surface area contributed by atoms with Crippen molar-refractivity contribution in [1.82, 2.24) is 19.7 Å². The van der Waals surface area contributed by atoms with E-state index in [-0.39, 0.29) is 12.1 Å². The third-order valence-corrected chi connectivity index (χ3v) is 8.75. The number of benzene rings is 2. The van der Waals surface area contributed by atoms with E-state index < -0.39 is 0 Å². The molecule has 6 heteroatoms. The van der Waals surface area contributed by atoms with Crippen molar-refractivity contribution in [1.29, 1.82) is 0 Å². The molecule has 2 amide bonds. The fraction of sp³-hybridized carbons (Fsp3) is 0.444. The second kappa shape index (κ2) is 9.07. The van der Waals surface area contributed by atoms with Crippen LogP contribution < -0.4 is 5.32 Å². The van der Waals surface area contributed by atoms with Crippen LogP contribution >= 0.6 is 11.8 Å². The number of nitrogens with zero attached hydrogens (tertiary/aromatic N) is 3. The Morgan fingerprint density at radius 2 is 1.85 bits per heavy atom. The molecule has 33 heavy (non-hydrogen) atoms. The Labute approximate surface area is 201 Å². The Bertz CT molecular complexity index is 1150. The Hall–Kier alpha value is -2.44. The summed E-state index contributed by atoms with van der Waals surface area (Å²) in [6.07, 6.45) is 2.05. The number of rotatable bonds is 5. The minimum atomic E-state index is 0.0628. The van der Waals surface area contributed by atoms with Gasteiger partial charge in [-0.25, -0.2) is 4.79 Å². The highest BCUT2D eigenvalue weighted by molar-refractivity contribution is 7.99. The van der Waals surface area contributed by atoms with Crippen molar-refractivity contribution in [2.24, 2.45) is 7.05 Å². The van der Waals surface area contributed by atoms with Crippen molar-refractivity contribution < 1.29 is 4.79 Å². The molecule has 5 nitrogen and oxygen atoms in total. The van der Waals surface area contributed by atoms with Gasteiger partial charge in [-0.2, -0.15) is 0 Å². The number of piperidine rings is 1. The molecule has 1 aliphatic heterocycles. The van der Waals surface area contributed by atoms with Crippen molar-refractivity contribution in [3.63, 3.8) is 0 Å². The first-order valence-corrected chi connectivity index (χ1v) is 12.9. The second-order valence-electron chi connectivity index (χ2n) is 9.37. The molecular weight excluding hydrogens is 428 g/mol. The van der Waals surface area contributed by atoms with Gasteiger partial charge in [-0.1, -0.05) is 42.1 Å². The SMILES string of the molecule is CCN(CC)C(=O)N[C@H]1C[C@@H]2c3cccc4c3c(c(Sc3ccccc3)n4C)C[C@H]2N(C)C1. The van der Waals surface area contributed by atoms with Gasteiger partial charge < -0.3 is 19.7 Å². The highest BCUT2D eigenvalue weighted by Gasteiger charge is 2.41. The molecular formula is C27H34N4OS. The molecule has 2 aromatic carbocycles. The molecule has 174 valence electrons. The van der Waals surface area contributed by atoms with Gasteiger partial charge in [0.15, 0.2) is 0 Å². The summed E-state index contributed by atoms with van der Waals surface area (Å²) in [4.78, 5) is 18.4. The number of aryl methyl sites for hydroxylation is 1. The van der Waals surface area contributed by atoms with E-state index >= 15 is 0 Å². The van der Waals surface area contributed by atoms with Gasteiger partial charge in [0, 0.05) is 60.5 Å². The number of urea groups is 1. The molecule has 3 aromatic rings. The van der Waals surface area contributed by atoms with Crippen molar-refractivity contribution in [2.45, 2.75) is 54.6 Å². The maximum Gasteiger partial charge on any atom is 0.317 e. The van der Waals surface area contributed by atoms with Crippen LogP contribution in [-0.4, -0.2) is 59.2 Å². The number of likely N-dealkylation sites (N-methyl/N-ethyl adjacent to an activating group) is 1. The Kier molecular flexibility index (Phi) is 6.14. The summed E-state index contributed by atoms with van der Waals surface area (Å²) in [5, 5.41) is 6.11. The molecule has 0 unspecified atom stereocenters. The van der Waals surface area contributed by atoms with Crippen LogP contribution in [0.3, 0.4) is 0 Å². The summed E-state index contributed by atoms with van der Waals surface area (Å²) >= 11 is 1.87. The Balaban J connectivity index is 1.50. The van der Waals surface area contributed by atoms with Crippen LogP contribution in [0.15, 0.2) is 58.5 Å². The van der Waals surface area contributed by atoms with E-state index in [0.717, 1.165) is 32.5 Å². The number of aromatic nitrogens is 1. The summed E-state index contributed by atoms with van der Waals surface area (Å²) < 4.78 is 2.38. The molecule has 0 spiro atoms. The quantitative estimate of drug-likeness (QED) is 0.574. The van der Waals surface area contributed by atoms with Gasteiger partial charge in [0.25, 0.3) is 0 Å². The normalized spacial score (nSPS) is 22.2. The number of carbonyl (C=O) groups excluding carboxylic acids is 1. The lowest BCUT2D eigenvalue weighted by Gasteiger charge is -2.46. The fourth-order valence-electron chi connectivity index (χ4n) is 5.86. The van der Waals surface area contributed by atoms with E-state index in [1.807, 2.05) is 30.5 Å². The van der Waals surface area contributed by atoms with Gasteiger partial charge in [0.1, 0.15) is 0 Å². The van der Waals surface area contributed by atoms with Gasteiger partial charge in [-0.05, 0) is 63.1 Å². The molecule has 0 saturated carbocycles. The fourth-order valence-corrected chi connectivity index (χ4v) is 6.92. The highest BCUT2D eigenvalue weighted by atomic mass is 32.2. The van der Waals surface area contributed by atoms with Gasteiger partial charge in [0.2, 0.25) is 0 Å². The first-order valence-electron chi connectivity index (χ1n) is 12.1. The third-order valence-electron chi connectivity index (χ3n) is 7.53. The lowest BCUT2D eigenvalue weighted by molar-refractivity contribution is 0.123. The number of hydrogen-bond acceptors (Lipinski definition) is 3. The van der Waals surface area contributed by atoms with Crippen molar-refractivity contribution >= 4 is 28.7 Å². The number of amides is 2. The molecule has 0 bridgehead atoms. The number of hydrogen-bond donors (Lipinski definition) is 1. The Morgan fingerprint density at radius 1 is 1.09 bits per heavy atom. The topological polar surface area (TPSA) is 40.5 Å². The molecule has 1 aliphatic carbocycles. The maximum atomic E-state index is 12.7. The molecule has 1 fully saturated rings. The van der Waals surface area contributed by atoms with E-state index in [1.54, 1.807) is 0 Å². The molecule has 2 aliphatic rings. The average Bonchev–Trinajstić information content (AvgIpc) is 3.08. The van der Waals surface area contributed by atoms with E-state index in [0.29, 0.717) is 12.0 Å². The minimum Gasteiger partial charge on any atom is -0.338 e. The highest BCUT2D eigenvalue weighted by Crippen LogP contribution is 2.47. The molecule has 1 N–H and O–H groups in total. The molecule has 2 heterocycles. The first-order chi connectivity index (χ1) is 16.0. The van der Waals surface area contributed by atoms with E-state index in [1.165, 1.54) is 32.0 Å². The summed E-state index contributed by atoms with van der Waals surface area (Å²) in [6, 6.07) is 18.2. The average molecular weight is 463 g/mol. The predicted octanol–water partition coefficient (Wildman–Crippen LogP) is 5.09. The zero-order valence-electron chi connectivity index (χ0n) is 20.0.